The van der Waals surface area contributed by atoms with E-state index in [9.17, 15) is 4.79 Å². The first-order valence-corrected chi connectivity index (χ1v) is 12.1. The van der Waals surface area contributed by atoms with E-state index in [0.717, 1.165) is 13.1 Å². The molecule has 172 valence electrons. The SMILES string of the molecule is CCCCCCCC/C=C\CCCCCCCCNCCN(CCO)CC(=O)O. The van der Waals surface area contributed by atoms with Crippen LogP contribution >= 0.6 is 0 Å². The molecule has 0 radical (unpaired) electrons. The van der Waals surface area contributed by atoms with E-state index < -0.39 is 5.97 Å². The fourth-order valence-corrected chi connectivity index (χ4v) is 3.46. The number of carbonyl (C=O) groups is 1. The van der Waals surface area contributed by atoms with Crippen molar-refractivity contribution in [3.63, 3.8) is 0 Å². The molecule has 0 aliphatic heterocycles. The summed E-state index contributed by atoms with van der Waals surface area (Å²) in [6.45, 7) is 5.11. The second-order valence-corrected chi connectivity index (χ2v) is 8.08. The molecule has 0 amide bonds. The van der Waals surface area contributed by atoms with Crippen molar-refractivity contribution in [1.29, 1.82) is 0 Å². The average Bonchev–Trinajstić information content (AvgIpc) is 2.69. The van der Waals surface area contributed by atoms with Crippen LogP contribution in [0, 0.1) is 0 Å². The number of hydrogen-bond acceptors (Lipinski definition) is 4. The van der Waals surface area contributed by atoms with Crippen LogP contribution in [-0.4, -0.2) is 60.4 Å². The van der Waals surface area contributed by atoms with E-state index in [1.165, 1.54) is 89.9 Å². The molecule has 5 nitrogen and oxygen atoms in total. The van der Waals surface area contributed by atoms with Crippen LogP contribution in [0.15, 0.2) is 12.2 Å². The van der Waals surface area contributed by atoms with Gasteiger partial charge in [0.15, 0.2) is 0 Å². The van der Waals surface area contributed by atoms with Crippen LogP contribution in [0.1, 0.15) is 96.8 Å². The minimum absolute atomic E-state index is 0.00218. The Bertz CT molecular complexity index is 375. The Hall–Kier alpha value is -0.910. The van der Waals surface area contributed by atoms with Crippen LogP contribution in [0.4, 0.5) is 0 Å². The lowest BCUT2D eigenvalue weighted by molar-refractivity contribution is -0.138. The maximum Gasteiger partial charge on any atom is 0.317 e. The molecule has 0 heterocycles. The van der Waals surface area contributed by atoms with Crippen LogP contribution in [0.3, 0.4) is 0 Å². The number of nitrogens with zero attached hydrogens (tertiary/aromatic N) is 1. The van der Waals surface area contributed by atoms with Crippen molar-refractivity contribution in [2.24, 2.45) is 0 Å². The van der Waals surface area contributed by atoms with Gasteiger partial charge in [-0.3, -0.25) is 9.69 Å². The molecule has 29 heavy (non-hydrogen) atoms. The van der Waals surface area contributed by atoms with E-state index >= 15 is 0 Å². The van der Waals surface area contributed by atoms with Gasteiger partial charge in [0.05, 0.1) is 13.2 Å². The number of allylic oxidation sites excluding steroid dienone is 2. The lowest BCUT2D eigenvalue weighted by Crippen LogP contribution is -2.37. The standard InChI is InChI=1S/C24H48N2O3/c1-2-3-4-5-6-7-8-9-10-11-12-13-14-15-16-17-18-25-19-20-26(21-22-27)23-24(28)29/h9-10,25,27H,2-8,11-23H2,1H3,(H,28,29)/b10-9-. The highest BCUT2D eigenvalue weighted by Crippen LogP contribution is 2.09. The van der Waals surface area contributed by atoms with Crippen molar-refractivity contribution in [3.05, 3.63) is 12.2 Å². The van der Waals surface area contributed by atoms with Crippen LogP contribution in [0.2, 0.25) is 0 Å². The fourth-order valence-electron chi connectivity index (χ4n) is 3.46. The van der Waals surface area contributed by atoms with Gasteiger partial charge in [0, 0.05) is 19.6 Å². The van der Waals surface area contributed by atoms with Crippen LogP contribution in [0.25, 0.3) is 0 Å². The minimum Gasteiger partial charge on any atom is -0.480 e. The maximum atomic E-state index is 10.7. The monoisotopic (exact) mass is 412 g/mol. The van der Waals surface area contributed by atoms with Crippen molar-refractivity contribution in [3.8, 4) is 0 Å². The number of rotatable bonds is 23. The molecule has 3 N–H and O–H groups in total. The molecular formula is C24H48N2O3. The zero-order chi connectivity index (χ0) is 21.4. The second-order valence-electron chi connectivity index (χ2n) is 8.08. The van der Waals surface area contributed by atoms with Crippen molar-refractivity contribution in [2.45, 2.75) is 96.8 Å². The lowest BCUT2D eigenvalue weighted by atomic mass is 10.1. The van der Waals surface area contributed by atoms with Gasteiger partial charge in [0.1, 0.15) is 0 Å². The molecule has 0 aliphatic rings. The molecule has 0 spiro atoms. The van der Waals surface area contributed by atoms with Gasteiger partial charge in [0.25, 0.3) is 0 Å². The van der Waals surface area contributed by atoms with Gasteiger partial charge in [-0.1, -0.05) is 76.9 Å². The number of aliphatic carboxylic acids is 1. The van der Waals surface area contributed by atoms with Gasteiger partial charge in [-0.25, -0.2) is 0 Å². The summed E-state index contributed by atoms with van der Waals surface area (Å²) in [7, 11) is 0. The van der Waals surface area contributed by atoms with Gasteiger partial charge in [-0.05, 0) is 38.6 Å². The Morgan fingerprint density at radius 2 is 1.34 bits per heavy atom. The van der Waals surface area contributed by atoms with Gasteiger partial charge in [-0.2, -0.15) is 0 Å². The topological polar surface area (TPSA) is 72.8 Å². The number of hydrogen-bond donors (Lipinski definition) is 3. The Balaban J connectivity index is 3.27. The van der Waals surface area contributed by atoms with E-state index in [1.807, 2.05) is 0 Å². The van der Waals surface area contributed by atoms with E-state index in [-0.39, 0.29) is 13.2 Å². The highest BCUT2D eigenvalue weighted by molar-refractivity contribution is 5.69. The summed E-state index contributed by atoms with van der Waals surface area (Å²) in [6, 6.07) is 0. The molecule has 5 heteroatoms. The van der Waals surface area contributed by atoms with Crippen molar-refractivity contribution < 1.29 is 15.0 Å². The molecule has 0 fully saturated rings. The molecule has 0 saturated carbocycles. The van der Waals surface area contributed by atoms with E-state index in [4.69, 9.17) is 10.2 Å². The molecule has 0 aromatic heterocycles. The maximum absolute atomic E-state index is 10.7. The largest absolute Gasteiger partial charge is 0.480 e. The molecule has 0 aromatic rings. The van der Waals surface area contributed by atoms with Gasteiger partial charge in [0.2, 0.25) is 0 Å². The van der Waals surface area contributed by atoms with E-state index in [2.05, 4.69) is 24.4 Å². The summed E-state index contributed by atoms with van der Waals surface area (Å²) in [5, 5.41) is 21.1. The second kappa shape index (κ2) is 23.4. The van der Waals surface area contributed by atoms with Crippen LogP contribution in [0.5, 0.6) is 0 Å². The van der Waals surface area contributed by atoms with Crippen molar-refractivity contribution in [2.75, 3.05) is 39.3 Å². The smallest absolute Gasteiger partial charge is 0.317 e. The Labute approximate surface area is 180 Å². The summed E-state index contributed by atoms with van der Waals surface area (Å²) in [6.07, 6.45) is 23.3. The first-order chi connectivity index (χ1) is 14.2. The zero-order valence-electron chi connectivity index (χ0n) is 19.0. The molecule has 0 rings (SSSR count). The fraction of sp³-hybridized carbons (Fsp3) is 0.875. The van der Waals surface area contributed by atoms with Gasteiger partial charge in [-0.15, -0.1) is 0 Å². The number of aliphatic hydroxyl groups is 1. The first kappa shape index (κ1) is 28.1. The molecule has 0 atom stereocenters. The third-order valence-electron chi connectivity index (χ3n) is 5.25. The van der Waals surface area contributed by atoms with Crippen LogP contribution < -0.4 is 5.32 Å². The summed E-state index contributed by atoms with van der Waals surface area (Å²) in [5.41, 5.74) is 0. The number of carboxylic acid groups (broad SMARTS) is 1. The summed E-state index contributed by atoms with van der Waals surface area (Å²) >= 11 is 0. The number of aliphatic hydroxyl groups excluding tert-OH is 1. The van der Waals surface area contributed by atoms with Gasteiger partial charge < -0.3 is 15.5 Å². The molecule has 0 saturated heterocycles. The molecule has 0 aromatic carbocycles. The van der Waals surface area contributed by atoms with Crippen molar-refractivity contribution in [1.82, 2.24) is 10.2 Å². The van der Waals surface area contributed by atoms with Crippen LogP contribution in [-0.2, 0) is 4.79 Å². The minimum atomic E-state index is -0.841. The normalized spacial score (nSPS) is 11.7. The van der Waals surface area contributed by atoms with E-state index in [0.29, 0.717) is 13.1 Å². The third-order valence-corrected chi connectivity index (χ3v) is 5.25. The molecule has 0 unspecified atom stereocenters. The highest BCUT2D eigenvalue weighted by atomic mass is 16.4. The lowest BCUT2D eigenvalue weighted by Gasteiger charge is -2.19. The van der Waals surface area contributed by atoms with Crippen molar-refractivity contribution >= 4 is 5.97 Å². The predicted octanol–water partition coefficient (Wildman–Crippen LogP) is 4.99. The number of carboxylic acids is 1. The Morgan fingerprint density at radius 3 is 1.90 bits per heavy atom. The molecular weight excluding hydrogens is 364 g/mol. The summed E-state index contributed by atoms with van der Waals surface area (Å²) in [4.78, 5) is 12.5. The quantitative estimate of drug-likeness (QED) is 0.163. The summed E-state index contributed by atoms with van der Waals surface area (Å²) < 4.78 is 0. The number of unbranched alkanes of at least 4 members (excludes halogenated alkanes) is 12. The highest BCUT2D eigenvalue weighted by Gasteiger charge is 2.07. The molecule has 0 aliphatic carbocycles. The third kappa shape index (κ3) is 23.2. The van der Waals surface area contributed by atoms with E-state index in [1.54, 1.807) is 4.90 Å². The first-order valence-electron chi connectivity index (χ1n) is 12.1. The number of nitrogens with one attached hydrogen (secondary N) is 1. The Kier molecular flexibility index (Phi) is 22.6. The average molecular weight is 413 g/mol. The molecule has 0 bridgehead atoms. The zero-order valence-corrected chi connectivity index (χ0v) is 19.0. The van der Waals surface area contributed by atoms with Gasteiger partial charge >= 0.3 is 5.97 Å². The Morgan fingerprint density at radius 1 is 0.793 bits per heavy atom. The summed E-state index contributed by atoms with van der Waals surface area (Å²) in [5.74, 6) is -0.841. The predicted molar refractivity (Wildman–Crippen MR) is 123 cm³/mol.